The molecule has 1 aromatic rings. The fraction of sp³-hybridized carbons (Fsp3) is 0.667. The predicted molar refractivity (Wildman–Crippen MR) is 75.7 cm³/mol. The van der Waals surface area contributed by atoms with E-state index in [1.165, 1.54) is 0 Å². The Hall–Kier alpha value is -0.940. The smallest absolute Gasteiger partial charge is 0.410 e. The van der Waals surface area contributed by atoms with Gasteiger partial charge in [0.1, 0.15) is 5.60 Å². The summed E-state index contributed by atoms with van der Waals surface area (Å²) in [5.41, 5.74) is 2.45. The van der Waals surface area contributed by atoms with Gasteiger partial charge in [0.15, 0.2) is 0 Å². The summed E-state index contributed by atoms with van der Waals surface area (Å²) in [6.07, 6.45) is 0.480. The number of nitrogens with zero attached hydrogens (tertiary/aromatic N) is 2. The van der Waals surface area contributed by atoms with E-state index in [2.05, 4.69) is 10.2 Å². The number of hydrogen-bond acceptors (Lipinski definition) is 3. The molecule has 0 fully saturated rings. The van der Waals surface area contributed by atoms with Crippen molar-refractivity contribution < 1.29 is 9.53 Å². The Balaban J connectivity index is 0.00000180. The molecule has 0 aromatic carbocycles. The number of ether oxygens (including phenoxy) is 1. The van der Waals surface area contributed by atoms with Crippen molar-refractivity contribution in [1.29, 1.82) is 0 Å². The first kappa shape index (κ1) is 16.1. The second-order valence-corrected chi connectivity index (χ2v) is 5.68. The molecule has 0 spiro atoms. The molecule has 0 saturated heterocycles. The van der Waals surface area contributed by atoms with E-state index in [1.807, 2.05) is 20.8 Å². The number of carbonyl (C=O) groups excluding carboxylic acids is 1. The minimum atomic E-state index is -0.469. The summed E-state index contributed by atoms with van der Waals surface area (Å²) in [5.74, 6) is 0.355. The predicted octanol–water partition coefficient (Wildman–Crippen LogP) is 2.86. The Kier molecular flexibility index (Phi) is 5.10. The van der Waals surface area contributed by atoms with Gasteiger partial charge in [-0.15, -0.1) is 24.0 Å². The second-order valence-electron chi connectivity index (χ2n) is 5.41. The van der Waals surface area contributed by atoms with Crippen LogP contribution in [0.2, 0.25) is 0 Å². The van der Waals surface area contributed by atoms with Gasteiger partial charge in [-0.3, -0.25) is 5.10 Å². The number of halogens is 2. The number of alkyl halides is 1. The fourth-order valence-electron chi connectivity index (χ4n) is 1.95. The van der Waals surface area contributed by atoms with Crippen molar-refractivity contribution in [2.75, 3.05) is 6.54 Å². The lowest BCUT2D eigenvalue weighted by Crippen LogP contribution is -2.39. The van der Waals surface area contributed by atoms with Crippen LogP contribution < -0.4 is 0 Å². The highest BCUT2D eigenvalue weighted by Gasteiger charge is 2.28. The van der Waals surface area contributed by atoms with Crippen LogP contribution >= 0.6 is 24.0 Å². The topological polar surface area (TPSA) is 58.2 Å². The lowest BCUT2D eigenvalue weighted by atomic mass is 10.1. The summed E-state index contributed by atoms with van der Waals surface area (Å²) in [6.45, 7) is 6.75. The summed E-state index contributed by atoms with van der Waals surface area (Å²) >= 11 is 5.82. The molecular weight excluding hydrogens is 289 g/mol. The lowest BCUT2D eigenvalue weighted by Gasteiger charge is -2.30. The van der Waals surface area contributed by atoms with Gasteiger partial charge in [-0.2, -0.15) is 5.10 Å². The maximum Gasteiger partial charge on any atom is 0.410 e. The fourth-order valence-corrected chi connectivity index (χ4v) is 2.17. The standard InChI is InChI=1S/C12H18ClN3O2.ClH/c1-12(2,3)18-11(17)16-5-4-9-8(7-16)10(6-13)15-14-9;/h4-7H2,1-3H3,(H,14,15);1H. The van der Waals surface area contributed by atoms with Gasteiger partial charge < -0.3 is 9.64 Å². The number of rotatable bonds is 1. The number of H-pyrrole nitrogens is 1. The monoisotopic (exact) mass is 307 g/mol. The van der Waals surface area contributed by atoms with E-state index in [0.29, 0.717) is 19.0 Å². The van der Waals surface area contributed by atoms with E-state index in [4.69, 9.17) is 16.3 Å². The van der Waals surface area contributed by atoms with Crippen LogP contribution in [0.15, 0.2) is 0 Å². The average molecular weight is 308 g/mol. The van der Waals surface area contributed by atoms with Gasteiger partial charge in [0.05, 0.1) is 18.1 Å². The first-order chi connectivity index (χ1) is 8.40. The van der Waals surface area contributed by atoms with E-state index in [-0.39, 0.29) is 18.5 Å². The van der Waals surface area contributed by atoms with Gasteiger partial charge in [0, 0.05) is 24.2 Å². The van der Waals surface area contributed by atoms with E-state index >= 15 is 0 Å². The molecule has 2 rings (SSSR count). The largest absolute Gasteiger partial charge is 0.444 e. The number of nitrogens with one attached hydrogen (secondary N) is 1. The van der Waals surface area contributed by atoms with Crippen LogP contribution in [-0.2, 0) is 23.6 Å². The minimum Gasteiger partial charge on any atom is -0.444 e. The molecule has 0 aliphatic carbocycles. The van der Waals surface area contributed by atoms with Gasteiger partial charge in [0.25, 0.3) is 0 Å². The molecule has 19 heavy (non-hydrogen) atoms. The lowest BCUT2D eigenvalue weighted by molar-refractivity contribution is 0.0223. The normalized spacial score (nSPS) is 14.6. The summed E-state index contributed by atoms with van der Waals surface area (Å²) in [7, 11) is 0. The number of aromatic nitrogens is 2. The van der Waals surface area contributed by atoms with Crippen molar-refractivity contribution in [2.24, 2.45) is 0 Å². The minimum absolute atomic E-state index is 0. The van der Waals surface area contributed by atoms with Gasteiger partial charge in [-0.25, -0.2) is 4.79 Å². The Bertz CT molecular complexity index is 441. The molecule has 1 aromatic heterocycles. The van der Waals surface area contributed by atoms with Crippen molar-refractivity contribution in [3.05, 3.63) is 17.0 Å². The SMILES string of the molecule is CC(C)(C)OC(=O)N1CCc2[nH]nc(CCl)c2C1.Cl. The summed E-state index contributed by atoms with van der Waals surface area (Å²) < 4.78 is 5.37. The van der Waals surface area contributed by atoms with Gasteiger partial charge in [-0.1, -0.05) is 0 Å². The molecular formula is C12H19Cl2N3O2. The molecule has 1 amide bonds. The van der Waals surface area contributed by atoms with E-state index in [0.717, 1.165) is 23.4 Å². The molecule has 0 saturated carbocycles. The Morgan fingerprint density at radius 2 is 2.21 bits per heavy atom. The average Bonchev–Trinajstić information content (AvgIpc) is 2.68. The van der Waals surface area contributed by atoms with E-state index in [9.17, 15) is 4.79 Å². The second kappa shape index (κ2) is 6.01. The number of fused-ring (bicyclic) bond motifs is 1. The molecule has 108 valence electrons. The number of hydrogen-bond donors (Lipinski definition) is 1. The molecule has 0 unspecified atom stereocenters. The maximum atomic E-state index is 12.0. The van der Waals surface area contributed by atoms with E-state index in [1.54, 1.807) is 4.90 Å². The highest BCUT2D eigenvalue weighted by molar-refractivity contribution is 6.17. The Morgan fingerprint density at radius 3 is 2.79 bits per heavy atom. The quantitative estimate of drug-likeness (QED) is 0.812. The zero-order chi connectivity index (χ0) is 13.3. The maximum absolute atomic E-state index is 12.0. The van der Waals surface area contributed by atoms with Crippen LogP contribution in [0.4, 0.5) is 4.79 Å². The third-order valence-corrected chi connectivity index (χ3v) is 3.05. The number of amides is 1. The Morgan fingerprint density at radius 1 is 1.53 bits per heavy atom. The third kappa shape index (κ3) is 3.76. The van der Waals surface area contributed by atoms with E-state index < -0.39 is 5.60 Å². The van der Waals surface area contributed by atoms with Crippen LogP contribution in [0.25, 0.3) is 0 Å². The molecule has 0 atom stereocenters. The van der Waals surface area contributed by atoms with Crippen LogP contribution in [0.1, 0.15) is 37.7 Å². The first-order valence-corrected chi connectivity index (χ1v) is 6.53. The molecule has 1 aliphatic heterocycles. The number of aromatic amines is 1. The summed E-state index contributed by atoms with van der Waals surface area (Å²) in [5, 5.41) is 7.12. The highest BCUT2D eigenvalue weighted by Crippen LogP contribution is 2.23. The van der Waals surface area contributed by atoms with Crippen molar-refractivity contribution in [3.8, 4) is 0 Å². The molecule has 7 heteroatoms. The van der Waals surface area contributed by atoms with Crippen molar-refractivity contribution in [2.45, 2.75) is 45.2 Å². The van der Waals surface area contributed by atoms with Crippen LogP contribution in [0.5, 0.6) is 0 Å². The van der Waals surface area contributed by atoms with Crippen LogP contribution in [0, 0.1) is 0 Å². The summed E-state index contributed by atoms with van der Waals surface area (Å²) in [4.78, 5) is 13.7. The molecule has 2 heterocycles. The van der Waals surface area contributed by atoms with Crippen LogP contribution in [-0.4, -0.2) is 33.3 Å². The third-order valence-electron chi connectivity index (χ3n) is 2.80. The Labute approximate surface area is 124 Å². The van der Waals surface area contributed by atoms with Crippen molar-refractivity contribution >= 4 is 30.1 Å². The van der Waals surface area contributed by atoms with Crippen molar-refractivity contribution in [1.82, 2.24) is 15.1 Å². The van der Waals surface area contributed by atoms with Gasteiger partial charge >= 0.3 is 6.09 Å². The molecule has 0 radical (unpaired) electrons. The van der Waals surface area contributed by atoms with Crippen molar-refractivity contribution in [3.63, 3.8) is 0 Å². The zero-order valence-electron chi connectivity index (χ0n) is 11.3. The van der Waals surface area contributed by atoms with Gasteiger partial charge in [-0.05, 0) is 20.8 Å². The molecule has 1 aliphatic rings. The first-order valence-electron chi connectivity index (χ1n) is 5.99. The zero-order valence-corrected chi connectivity index (χ0v) is 12.9. The summed E-state index contributed by atoms with van der Waals surface area (Å²) in [6, 6.07) is 0. The van der Waals surface area contributed by atoms with Gasteiger partial charge in [0.2, 0.25) is 0 Å². The molecule has 0 bridgehead atoms. The number of carbonyl (C=O) groups is 1. The molecule has 1 N–H and O–H groups in total. The molecule has 5 nitrogen and oxygen atoms in total. The highest BCUT2D eigenvalue weighted by atomic mass is 35.5. The van der Waals surface area contributed by atoms with Crippen LogP contribution in [0.3, 0.4) is 0 Å².